The summed E-state index contributed by atoms with van der Waals surface area (Å²) in [4.78, 5) is 11.1. The van der Waals surface area contributed by atoms with Gasteiger partial charge < -0.3 is 9.40 Å². The second-order valence-electron chi connectivity index (χ2n) is 5.36. The Morgan fingerprint density at radius 1 is 1.29 bits per heavy atom. The number of aromatic nitrogens is 1. The van der Waals surface area contributed by atoms with Gasteiger partial charge in [0, 0.05) is 17.1 Å². The molecule has 0 saturated heterocycles. The number of rotatable bonds is 5. The third-order valence-corrected chi connectivity index (χ3v) is 4.77. The first-order chi connectivity index (χ1) is 11.5. The van der Waals surface area contributed by atoms with Crippen LogP contribution in [0.1, 0.15) is 35.9 Å². The SMILES string of the molecule is CCCCn1c(C)c(C)s/c1=N\C(=NOC)c1cc(F)ccc1F. The van der Waals surface area contributed by atoms with E-state index >= 15 is 0 Å². The van der Waals surface area contributed by atoms with Gasteiger partial charge in [-0.3, -0.25) is 0 Å². The van der Waals surface area contributed by atoms with Crippen LogP contribution >= 0.6 is 11.3 Å². The number of halogens is 2. The molecule has 0 fully saturated rings. The van der Waals surface area contributed by atoms with Crippen molar-refractivity contribution >= 4 is 17.2 Å². The average molecular weight is 353 g/mol. The fourth-order valence-electron chi connectivity index (χ4n) is 2.24. The van der Waals surface area contributed by atoms with Crippen molar-refractivity contribution in [2.45, 2.75) is 40.2 Å². The Labute approximate surface area is 144 Å². The molecule has 0 N–H and O–H groups in total. The second-order valence-corrected chi connectivity index (χ2v) is 6.55. The summed E-state index contributed by atoms with van der Waals surface area (Å²) < 4.78 is 29.6. The Hall–Kier alpha value is -2.02. The van der Waals surface area contributed by atoms with Crippen LogP contribution in [0.25, 0.3) is 0 Å². The highest BCUT2D eigenvalue weighted by molar-refractivity contribution is 7.09. The molecule has 0 aliphatic rings. The molecule has 1 aromatic heterocycles. The topological polar surface area (TPSA) is 38.9 Å². The molecule has 7 heteroatoms. The highest BCUT2D eigenvalue weighted by atomic mass is 32.1. The largest absolute Gasteiger partial charge is 0.397 e. The van der Waals surface area contributed by atoms with Crippen LogP contribution in [0.3, 0.4) is 0 Å². The number of thiazole rings is 1. The number of amidine groups is 1. The Kier molecular flexibility index (Phi) is 6.25. The highest BCUT2D eigenvalue weighted by Crippen LogP contribution is 2.14. The smallest absolute Gasteiger partial charge is 0.204 e. The maximum absolute atomic E-state index is 14.1. The molecule has 24 heavy (non-hydrogen) atoms. The lowest BCUT2D eigenvalue weighted by Crippen LogP contribution is -2.19. The lowest BCUT2D eigenvalue weighted by atomic mass is 10.2. The molecule has 0 atom stereocenters. The molecule has 130 valence electrons. The Morgan fingerprint density at radius 3 is 2.71 bits per heavy atom. The summed E-state index contributed by atoms with van der Waals surface area (Å²) in [6.07, 6.45) is 2.06. The van der Waals surface area contributed by atoms with Gasteiger partial charge in [0.25, 0.3) is 0 Å². The fraction of sp³-hybridized carbons (Fsp3) is 0.412. The van der Waals surface area contributed by atoms with Crippen molar-refractivity contribution in [2.75, 3.05) is 7.11 Å². The van der Waals surface area contributed by atoms with Gasteiger partial charge in [-0.25, -0.2) is 8.78 Å². The molecule has 1 aromatic carbocycles. The summed E-state index contributed by atoms with van der Waals surface area (Å²) in [7, 11) is 1.35. The second kappa shape index (κ2) is 8.19. The van der Waals surface area contributed by atoms with Gasteiger partial charge in [-0.15, -0.1) is 11.3 Å². The van der Waals surface area contributed by atoms with Crippen LogP contribution in [0.4, 0.5) is 8.78 Å². The molecule has 0 radical (unpaired) electrons. The van der Waals surface area contributed by atoms with E-state index in [1.807, 2.05) is 13.8 Å². The maximum Gasteiger partial charge on any atom is 0.204 e. The zero-order valence-corrected chi connectivity index (χ0v) is 15.1. The lowest BCUT2D eigenvalue weighted by Gasteiger charge is -2.06. The molecule has 2 rings (SSSR count). The monoisotopic (exact) mass is 353 g/mol. The van der Waals surface area contributed by atoms with Crippen molar-refractivity contribution in [1.82, 2.24) is 4.57 Å². The van der Waals surface area contributed by atoms with E-state index in [4.69, 9.17) is 4.84 Å². The van der Waals surface area contributed by atoms with E-state index in [1.165, 1.54) is 18.4 Å². The number of unbranched alkanes of at least 4 members (excludes halogenated alkanes) is 1. The number of nitrogens with zero attached hydrogens (tertiary/aromatic N) is 3. The first kappa shape index (κ1) is 18.3. The molecule has 0 aliphatic heterocycles. The van der Waals surface area contributed by atoms with Gasteiger partial charge in [-0.2, -0.15) is 4.99 Å². The number of benzene rings is 1. The van der Waals surface area contributed by atoms with E-state index in [0.29, 0.717) is 4.80 Å². The fourth-order valence-corrected chi connectivity index (χ4v) is 3.24. The van der Waals surface area contributed by atoms with Crippen molar-refractivity contribution in [3.05, 3.63) is 50.8 Å². The third-order valence-electron chi connectivity index (χ3n) is 3.67. The third kappa shape index (κ3) is 4.08. The summed E-state index contributed by atoms with van der Waals surface area (Å²) in [6, 6.07) is 3.19. The van der Waals surface area contributed by atoms with Gasteiger partial charge in [0.05, 0.1) is 5.56 Å². The first-order valence-electron chi connectivity index (χ1n) is 7.76. The average Bonchev–Trinajstić information content (AvgIpc) is 2.81. The minimum atomic E-state index is -0.596. The van der Waals surface area contributed by atoms with Crippen molar-refractivity contribution in [3.63, 3.8) is 0 Å². The molecule has 0 amide bonds. The molecule has 0 aliphatic carbocycles. The molecular formula is C17H21F2N3OS. The Balaban J connectivity index is 2.59. The van der Waals surface area contributed by atoms with Gasteiger partial charge in [-0.1, -0.05) is 18.5 Å². The number of hydrogen-bond donors (Lipinski definition) is 0. The van der Waals surface area contributed by atoms with Gasteiger partial charge in [0.15, 0.2) is 4.80 Å². The molecule has 0 bridgehead atoms. The van der Waals surface area contributed by atoms with E-state index in [-0.39, 0.29) is 11.4 Å². The lowest BCUT2D eigenvalue weighted by molar-refractivity contribution is 0.213. The molecular weight excluding hydrogens is 332 g/mol. The van der Waals surface area contributed by atoms with Crippen LogP contribution < -0.4 is 4.80 Å². The standard InChI is InChI=1S/C17H21F2N3OS/c1-5-6-9-22-11(2)12(3)24-17(22)20-16(21-23-4)14-10-13(18)7-8-15(14)19/h7-8,10H,5-6,9H2,1-4H3/b20-17-,21-16?. The molecule has 0 saturated carbocycles. The summed E-state index contributed by atoms with van der Waals surface area (Å²) >= 11 is 1.49. The van der Waals surface area contributed by atoms with Crippen molar-refractivity contribution in [3.8, 4) is 0 Å². The quantitative estimate of drug-likeness (QED) is 0.452. The molecule has 1 heterocycles. The normalized spacial score (nSPS) is 12.8. The summed E-state index contributed by atoms with van der Waals surface area (Å²) in [5.74, 6) is -1.13. The number of oxime groups is 1. The van der Waals surface area contributed by atoms with Gasteiger partial charge in [0.2, 0.25) is 5.84 Å². The zero-order valence-electron chi connectivity index (χ0n) is 14.3. The molecule has 0 spiro atoms. The Morgan fingerprint density at radius 2 is 2.04 bits per heavy atom. The number of hydrogen-bond acceptors (Lipinski definition) is 3. The van der Waals surface area contributed by atoms with Gasteiger partial charge in [-0.05, 0) is 38.5 Å². The predicted octanol–water partition coefficient (Wildman–Crippen LogP) is 4.15. The van der Waals surface area contributed by atoms with E-state index in [2.05, 4.69) is 21.6 Å². The van der Waals surface area contributed by atoms with Gasteiger partial charge in [0.1, 0.15) is 18.7 Å². The van der Waals surface area contributed by atoms with Crippen molar-refractivity contribution in [2.24, 2.45) is 10.1 Å². The zero-order chi connectivity index (χ0) is 17.7. The van der Waals surface area contributed by atoms with E-state index in [1.54, 1.807) is 0 Å². The van der Waals surface area contributed by atoms with Crippen molar-refractivity contribution in [1.29, 1.82) is 0 Å². The first-order valence-corrected chi connectivity index (χ1v) is 8.57. The summed E-state index contributed by atoms with van der Waals surface area (Å²) in [5, 5.41) is 3.79. The highest BCUT2D eigenvalue weighted by Gasteiger charge is 2.13. The van der Waals surface area contributed by atoms with Crippen LogP contribution in [0, 0.1) is 25.5 Å². The summed E-state index contributed by atoms with van der Waals surface area (Å²) in [6.45, 7) is 6.97. The van der Waals surface area contributed by atoms with Crippen LogP contribution in [-0.2, 0) is 11.4 Å². The maximum atomic E-state index is 14.1. The molecule has 0 unspecified atom stereocenters. The van der Waals surface area contributed by atoms with Crippen molar-refractivity contribution < 1.29 is 13.6 Å². The van der Waals surface area contributed by atoms with Crippen LogP contribution in [0.15, 0.2) is 28.3 Å². The van der Waals surface area contributed by atoms with Crippen LogP contribution in [0.2, 0.25) is 0 Å². The molecule has 4 nitrogen and oxygen atoms in total. The van der Waals surface area contributed by atoms with Crippen LogP contribution in [-0.4, -0.2) is 17.5 Å². The van der Waals surface area contributed by atoms with Gasteiger partial charge >= 0.3 is 0 Å². The van der Waals surface area contributed by atoms with E-state index in [0.717, 1.165) is 48.2 Å². The van der Waals surface area contributed by atoms with E-state index in [9.17, 15) is 8.78 Å². The molecule has 2 aromatic rings. The Bertz CT molecular complexity index is 809. The van der Waals surface area contributed by atoms with Crippen LogP contribution in [0.5, 0.6) is 0 Å². The predicted molar refractivity (Wildman–Crippen MR) is 92.2 cm³/mol. The minimum absolute atomic E-state index is 0.0148. The number of aryl methyl sites for hydroxylation is 1. The summed E-state index contributed by atoms with van der Waals surface area (Å²) in [5.41, 5.74) is 1.09. The van der Waals surface area contributed by atoms with E-state index < -0.39 is 11.6 Å². The minimum Gasteiger partial charge on any atom is -0.397 e.